The summed E-state index contributed by atoms with van der Waals surface area (Å²) in [5.41, 5.74) is 0.807. The number of ether oxygens (including phenoxy) is 1. The average molecular weight is 422 g/mol. The van der Waals surface area contributed by atoms with Crippen molar-refractivity contribution in [1.29, 1.82) is 0 Å². The number of benzene rings is 2. The molecule has 0 aliphatic carbocycles. The Balaban J connectivity index is 1.63. The van der Waals surface area contributed by atoms with Gasteiger partial charge in [-0.2, -0.15) is 0 Å². The van der Waals surface area contributed by atoms with Crippen molar-refractivity contribution in [2.75, 3.05) is 37.0 Å². The molecule has 7 nitrogen and oxygen atoms in total. The van der Waals surface area contributed by atoms with E-state index in [0.717, 1.165) is 0 Å². The Labute approximate surface area is 171 Å². The number of halogens is 2. The molecule has 1 heterocycles. The van der Waals surface area contributed by atoms with E-state index in [1.807, 2.05) is 0 Å². The van der Waals surface area contributed by atoms with Crippen LogP contribution in [0.4, 0.5) is 11.4 Å². The van der Waals surface area contributed by atoms with Gasteiger partial charge in [0.1, 0.15) is 12.3 Å². The number of para-hydroxylation sites is 3. The molecule has 9 heteroatoms. The van der Waals surface area contributed by atoms with Crippen molar-refractivity contribution in [3.8, 4) is 5.75 Å². The molecule has 0 saturated heterocycles. The van der Waals surface area contributed by atoms with Crippen LogP contribution in [0.1, 0.15) is 0 Å². The molecule has 0 fully saturated rings. The Kier molecular flexibility index (Phi) is 6.06. The van der Waals surface area contributed by atoms with Crippen LogP contribution in [-0.4, -0.2) is 49.4 Å². The Bertz CT molecular complexity index is 915. The highest BCUT2D eigenvalue weighted by Gasteiger charge is 2.28. The molecule has 1 aliphatic rings. The molecule has 0 unspecified atom stereocenters. The van der Waals surface area contributed by atoms with Crippen molar-refractivity contribution >= 4 is 52.3 Å². The minimum absolute atomic E-state index is 0.139. The number of nitrogens with zero attached hydrogens (tertiary/aromatic N) is 2. The second-order valence-corrected chi connectivity index (χ2v) is 6.95. The van der Waals surface area contributed by atoms with Gasteiger partial charge in [0.05, 0.1) is 28.0 Å². The van der Waals surface area contributed by atoms with Crippen LogP contribution in [0.2, 0.25) is 10.0 Å². The molecular weight excluding hydrogens is 405 g/mol. The van der Waals surface area contributed by atoms with Crippen LogP contribution in [0.15, 0.2) is 42.5 Å². The number of anilines is 2. The molecule has 28 heavy (non-hydrogen) atoms. The standard InChI is InChI=1S/C19H17Cl2N3O4/c1-23(9-16(25)22-19-12(20)5-4-6-13(19)21)17(26)10-24-14-7-2-3-8-15(14)28-11-18(24)27/h2-8H,9-11H2,1H3,(H,22,25). The predicted octanol–water partition coefficient (Wildman–Crippen LogP) is 2.82. The zero-order valence-electron chi connectivity index (χ0n) is 14.9. The number of carbonyl (C=O) groups excluding carboxylic acids is 3. The summed E-state index contributed by atoms with van der Waals surface area (Å²) in [6, 6.07) is 11.8. The molecule has 146 valence electrons. The van der Waals surface area contributed by atoms with Crippen molar-refractivity contribution in [3.05, 3.63) is 52.5 Å². The first kappa shape index (κ1) is 20.0. The first-order valence-corrected chi connectivity index (χ1v) is 9.12. The fourth-order valence-electron chi connectivity index (χ4n) is 2.68. The predicted molar refractivity (Wildman–Crippen MR) is 107 cm³/mol. The van der Waals surface area contributed by atoms with Gasteiger partial charge >= 0.3 is 0 Å². The van der Waals surface area contributed by atoms with Gasteiger partial charge in [-0.15, -0.1) is 0 Å². The Morgan fingerprint density at radius 3 is 2.54 bits per heavy atom. The summed E-state index contributed by atoms with van der Waals surface area (Å²) in [5, 5.41) is 3.19. The van der Waals surface area contributed by atoms with E-state index >= 15 is 0 Å². The SMILES string of the molecule is CN(CC(=O)Nc1c(Cl)cccc1Cl)C(=O)CN1C(=O)COc2ccccc21. The summed E-state index contributed by atoms with van der Waals surface area (Å²) in [5.74, 6) is -0.651. The zero-order chi connectivity index (χ0) is 20.3. The van der Waals surface area contributed by atoms with Gasteiger partial charge in [-0.3, -0.25) is 19.3 Å². The molecule has 0 bridgehead atoms. The summed E-state index contributed by atoms with van der Waals surface area (Å²) >= 11 is 12.1. The lowest BCUT2D eigenvalue weighted by Gasteiger charge is -2.30. The summed E-state index contributed by atoms with van der Waals surface area (Å²) in [6.07, 6.45) is 0. The third kappa shape index (κ3) is 4.37. The maximum Gasteiger partial charge on any atom is 0.265 e. The monoisotopic (exact) mass is 421 g/mol. The third-order valence-electron chi connectivity index (χ3n) is 4.14. The second-order valence-electron chi connectivity index (χ2n) is 6.13. The fourth-order valence-corrected chi connectivity index (χ4v) is 3.17. The first-order chi connectivity index (χ1) is 13.4. The van der Waals surface area contributed by atoms with Crippen molar-refractivity contribution in [3.63, 3.8) is 0 Å². The number of hydrogen-bond acceptors (Lipinski definition) is 4. The van der Waals surface area contributed by atoms with Crippen LogP contribution >= 0.6 is 23.2 Å². The number of likely N-dealkylation sites (N-methyl/N-ethyl adjacent to an activating group) is 1. The van der Waals surface area contributed by atoms with Gasteiger partial charge in [-0.1, -0.05) is 41.4 Å². The molecule has 0 saturated carbocycles. The topological polar surface area (TPSA) is 79.0 Å². The molecule has 0 aromatic heterocycles. The fraction of sp³-hybridized carbons (Fsp3) is 0.211. The van der Waals surface area contributed by atoms with Gasteiger partial charge in [0, 0.05) is 7.05 Å². The lowest BCUT2D eigenvalue weighted by Crippen LogP contribution is -2.46. The van der Waals surface area contributed by atoms with E-state index in [-0.39, 0.29) is 31.3 Å². The van der Waals surface area contributed by atoms with Gasteiger partial charge in [-0.05, 0) is 24.3 Å². The Morgan fingerprint density at radius 2 is 1.82 bits per heavy atom. The van der Waals surface area contributed by atoms with Gasteiger partial charge in [0.2, 0.25) is 11.8 Å². The van der Waals surface area contributed by atoms with Crippen molar-refractivity contribution in [1.82, 2.24) is 4.90 Å². The molecule has 1 N–H and O–H groups in total. The van der Waals surface area contributed by atoms with Crippen LogP contribution in [0, 0.1) is 0 Å². The van der Waals surface area contributed by atoms with Gasteiger partial charge < -0.3 is 15.0 Å². The van der Waals surface area contributed by atoms with E-state index in [1.54, 1.807) is 42.5 Å². The highest BCUT2D eigenvalue weighted by Crippen LogP contribution is 2.31. The molecule has 3 amide bonds. The molecule has 1 aliphatic heterocycles. The Morgan fingerprint density at radius 1 is 1.14 bits per heavy atom. The van der Waals surface area contributed by atoms with Crippen LogP contribution in [0.5, 0.6) is 5.75 Å². The highest BCUT2D eigenvalue weighted by molar-refractivity contribution is 6.39. The van der Waals surface area contributed by atoms with Crippen molar-refractivity contribution in [2.45, 2.75) is 0 Å². The van der Waals surface area contributed by atoms with Crippen molar-refractivity contribution in [2.24, 2.45) is 0 Å². The molecule has 0 radical (unpaired) electrons. The lowest BCUT2D eigenvalue weighted by atomic mass is 10.2. The van der Waals surface area contributed by atoms with Crippen molar-refractivity contribution < 1.29 is 19.1 Å². The number of nitrogens with one attached hydrogen (secondary N) is 1. The first-order valence-electron chi connectivity index (χ1n) is 8.37. The van der Waals surface area contributed by atoms with Gasteiger partial charge in [0.15, 0.2) is 6.61 Å². The molecule has 2 aromatic rings. The smallest absolute Gasteiger partial charge is 0.265 e. The number of rotatable bonds is 5. The van der Waals surface area contributed by atoms with E-state index < -0.39 is 11.8 Å². The summed E-state index contributed by atoms with van der Waals surface area (Å²) in [4.78, 5) is 39.6. The lowest BCUT2D eigenvalue weighted by molar-refractivity contribution is -0.133. The summed E-state index contributed by atoms with van der Waals surface area (Å²) in [6.45, 7) is -0.560. The highest BCUT2D eigenvalue weighted by atomic mass is 35.5. The van der Waals surface area contributed by atoms with E-state index in [9.17, 15) is 14.4 Å². The molecule has 0 spiro atoms. The quantitative estimate of drug-likeness (QED) is 0.804. The average Bonchev–Trinajstić information content (AvgIpc) is 2.67. The minimum Gasteiger partial charge on any atom is -0.482 e. The second kappa shape index (κ2) is 8.50. The van der Waals surface area contributed by atoms with Gasteiger partial charge in [0.25, 0.3) is 5.91 Å². The largest absolute Gasteiger partial charge is 0.482 e. The van der Waals surface area contributed by atoms with Crippen LogP contribution in [-0.2, 0) is 14.4 Å². The third-order valence-corrected chi connectivity index (χ3v) is 4.77. The number of fused-ring (bicyclic) bond motifs is 1. The van der Waals surface area contributed by atoms with E-state index in [2.05, 4.69) is 5.32 Å². The minimum atomic E-state index is -0.459. The number of carbonyl (C=O) groups is 3. The molecule has 3 rings (SSSR count). The zero-order valence-corrected chi connectivity index (χ0v) is 16.5. The van der Waals surface area contributed by atoms with E-state index in [4.69, 9.17) is 27.9 Å². The van der Waals surface area contributed by atoms with Gasteiger partial charge in [-0.25, -0.2) is 0 Å². The Hall–Kier alpha value is -2.77. The molecule has 0 atom stereocenters. The van der Waals surface area contributed by atoms with E-state index in [0.29, 0.717) is 21.5 Å². The maximum absolute atomic E-state index is 12.5. The molecule has 2 aromatic carbocycles. The van der Waals surface area contributed by atoms with Crippen LogP contribution in [0.3, 0.4) is 0 Å². The molecular formula is C19H17Cl2N3O4. The van der Waals surface area contributed by atoms with Crippen LogP contribution < -0.4 is 15.0 Å². The summed E-state index contributed by atoms with van der Waals surface area (Å²) < 4.78 is 5.36. The summed E-state index contributed by atoms with van der Waals surface area (Å²) in [7, 11) is 1.48. The van der Waals surface area contributed by atoms with Crippen LogP contribution in [0.25, 0.3) is 0 Å². The maximum atomic E-state index is 12.5. The normalized spacial score (nSPS) is 12.8. The number of hydrogen-bond donors (Lipinski definition) is 1. The van der Waals surface area contributed by atoms with E-state index in [1.165, 1.54) is 16.8 Å². The number of amides is 3.